The summed E-state index contributed by atoms with van der Waals surface area (Å²) in [6, 6.07) is 0.446. The van der Waals surface area contributed by atoms with E-state index in [1.807, 2.05) is 0 Å². The Morgan fingerprint density at radius 2 is 2.20 bits per heavy atom. The minimum absolute atomic E-state index is 0.224. The number of amides is 1. The summed E-state index contributed by atoms with van der Waals surface area (Å²) >= 11 is 0. The van der Waals surface area contributed by atoms with Crippen LogP contribution < -0.4 is 10.6 Å². The van der Waals surface area contributed by atoms with Gasteiger partial charge in [-0.05, 0) is 31.7 Å². The van der Waals surface area contributed by atoms with Crippen LogP contribution in [0.25, 0.3) is 0 Å². The predicted octanol–water partition coefficient (Wildman–Crippen LogP) is 1.29. The van der Waals surface area contributed by atoms with E-state index in [9.17, 15) is 4.79 Å². The van der Waals surface area contributed by atoms with E-state index < -0.39 is 0 Å². The van der Waals surface area contributed by atoms with E-state index in [0.29, 0.717) is 6.04 Å². The zero-order valence-corrected chi connectivity index (χ0v) is 9.59. The average Bonchev–Trinajstić information content (AvgIpc) is 2.70. The van der Waals surface area contributed by atoms with Gasteiger partial charge in [0, 0.05) is 12.6 Å². The van der Waals surface area contributed by atoms with E-state index in [1.54, 1.807) is 0 Å². The molecule has 15 heavy (non-hydrogen) atoms. The van der Waals surface area contributed by atoms with Gasteiger partial charge in [-0.1, -0.05) is 19.8 Å². The first-order valence-electron chi connectivity index (χ1n) is 6.27. The van der Waals surface area contributed by atoms with Gasteiger partial charge in [0.05, 0.1) is 5.92 Å². The molecule has 1 heterocycles. The Balaban J connectivity index is 1.77. The molecule has 1 aliphatic carbocycles. The molecule has 86 valence electrons. The molecule has 3 heteroatoms. The Hall–Kier alpha value is -0.570. The lowest BCUT2D eigenvalue weighted by Gasteiger charge is -2.28. The molecule has 0 radical (unpaired) electrons. The molecule has 2 N–H and O–H groups in total. The van der Waals surface area contributed by atoms with E-state index in [4.69, 9.17) is 0 Å². The van der Waals surface area contributed by atoms with Crippen LogP contribution in [0.1, 0.15) is 39.0 Å². The van der Waals surface area contributed by atoms with Crippen LogP contribution in [0.4, 0.5) is 0 Å². The molecule has 0 spiro atoms. The highest BCUT2D eigenvalue weighted by Gasteiger charge is 2.26. The molecule has 1 amide bonds. The van der Waals surface area contributed by atoms with E-state index in [1.165, 1.54) is 25.7 Å². The molecular formula is C12H22N2O. The molecular weight excluding hydrogens is 188 g/mol. The summed E-state index contributed by atoms with van der Waals surface area (Å²) in [5, 5.41) is 6.45. The molecule has 3 atom stereocenters. The summed E-state index contributed by atoms with van der Waals surface area (Å²) in [6.45, 7) is 4.16. The maximum atomic E-state index is 11.9. The smallest absolute Gasteiger partial charge is 0.224 e. The summed E-state index contributed by atoms with van der Waals surface area (Å²) in [5.74, 6) is 1.28. The van der Waals surface area contributed by atoms with E-state index >= 15 is 0 Å². The van der Waals surface area contributed by atoms with Gasteiger partial charge in [-0.3, -0.25) is 4.79 Å². The van der Waals surface area contributed by atoms with E-state index in [2.05, 4.69) is 17.6 Å². The minimum Gasteiger partial charge on any atom is -0.353 e. The van der Waals surface area contributed by atoms with Crippen molar-refractivity contribution >= 4 is 5.91 Å². The predicted molar refractivity (Wildman–Crippen MR) is 60.5 cm³/mol. The van der Waals surface area contributed by atoms with Gasteiger partial charge in [-0.15, -0.1) is 0 Å². The molecule has 0 aromatic carbocycles. The van der Waals surface area contributed by atoms with Gasteiger partial charge in [-0.2, -0.15) is 0 Å². The van der Waals surface area contributed by atoms with Gasteiger partial charge in [0.25, 0.3) is 0 Å². The number of rotatable bonds is 2. The second-order valence-electron chi connectivity index (χ2n) is 5.17. The first kappa shape index (κ1) is 10.9. The van der Waals surface area contributed by atoms with E-state index in [-0.39, 0.29) is 11.8 Å². The van der Waals surface area contributed by atoms with Gasteiger partial charge in [0.2, 0.25) is 5.91 Å². The third-order valence-electron chi connectivity index (χ3n) is 3.71. The van der Waals surface area contributed by atoms with E-state index in [0.717, 1.165) is 25.4 Å². The first-order valence-corrected chi connectivity index (χ1v) is 6.27. The van der Waals surface area contributed by atoms with Crippen LogP contribution in [0.2, 0.25) is 0 Å². The van der Waals surface area contributed by atoms with Gasteiger partial charge < -0.3 is 10.6 Å². The van der Waals surface area contributed by atoms with Crippen molar-refractivity contribution < 1.29 is 4.79 Å². The summed E-state index contributed by atoms with van der Waals surface area (Å²) in [7, 11) is 0. The largest absolute Gasteiger partial charge is 0.353 e. The van der Waals surface area contributed by atoms with Crippen LogP contribution in [0.5, 0.6) is 0 Å². The number of carbonyl (C=O) groups is 1. The Bertz CT molecular complexity index is 224. The number of hydrogen-bond donors (Lipinski definition) is 2. The standard InChI is InChI=1S/C12H22N2O/c1-9-3-2-4-11(7-9)14-12(15)10-5-6-13-8-10/h9-11,13H,2-8H2,1H3,(H,14,15)/t9?,10-,11?/m0/s1. The molecule has 2 aliphatic rings. The van der Waals surface area contributed by atoms with Crippen LogP contribution in [0, 0.1) is 11.8 Å². The molecule has 1 saturated heterocycles. The third kappa shape index (κ3) is 2.94. The van der Waals surface area contributed by atoms with Crippen LogP contribution in [-0.2, 0) is 4.79 Å². The Labute approximate surface area is 92.0 Å². The lowest BCUT2D eigenvalue weighted by atomic mass is 9.87. The summed E-state index contributed by atoms with van der Waals surface area (Å²) < 4.78 is 0. The fourth-order valence-corrected chi connectivity index (χ4v) is 2.76. The SMILES string of the molecule is CC1CCCC(NC(=O)[C@H]2CCNC2)C1. The number of hydrogen-bond acceptors (Lipinski definition) is 2. The molecule has 1 saturated carbocycles. The van der Waals surface area contributed by atoms with Crippen molar-refractivity contribution in [3.63, 3.8) is 0 Å². The van der Waals surface area contributed by atoms with Crippen molar-refractivity contribution in [2.45, 2.75) is 45.1 Å². The highest BCUT2D eigenvalue weighted by Crippen LogP contribution is 2.23. The molecule has 0 aromatic heterocycles. The van der Waals surface area contributed by atoms with Crippen molar-refractivity contribution in [1.29, 1.82) is 0 Å². The molecule has 2 unspecified atom stereocenters. The highest BCUT2D eigenvalue weighted by molar-refractivity contribution is 5.79. The maximum Gasteiger partial charge on any atom is 0.224 e. The van der Waals surface area contributed by atoms with Crippen molar-refractivity contribution in [2.24, 2.45) is 11.8 Å². The zero-order chi connectivity index (χ0) is 10.7. The molecule has 2 rings (SSSR count). The molecule has 0 bridgehead atoms. The molecule has 3 nitrogen and oxygen atoms in total. The van der Waals surface area contributed by atoms with Crippen LogP contribution in [0.15, 0.2) is 0 Å². The summed E-state index contributed by atoms with van der Waals surface area (Å²) in [4.78, 5) is 11.9. The van der Waals surface area contributed by atoms with Crippen molar-refractivity contribution in [2.75, 3.05) is 13.1 Å². The fourth-order valence-electron chi connectivity index (χ4n) is 2.76. The quantitative estimate of drug-likeness (QED) is 0.721. The van der Waals surface area contributed by atoms with Crippen LogP contribution in [-0.4, -0.2) is 25.0 Å². The third-order valence-corrected chi connectivity index (χ3v) is 3.71. The van der Waals surface area contributed by atoms with Crippen molar-refractivity contribution in [3.8, 4) is 0 Å². The lowest BCUT2D eigenvalue weighted by molar-refractivity contribution is -0.125. The molecule has 1 aliphatic heterocycles. The Morgan fingerprint density at radius 1 is 1.33 bits per heavy atom. The number of carbonyl (C=O) groups excluding carboxylic acids is 1. The topological polar surface area (TPSA) is 41.1 Å². The maximum absolute atomic E-state index is 11.9. The van der Waals surface area contributed by atoms with Gasteiger partial charge in [0.1, 0.15) is 0 Å². The monoisotopic (exact) mass is 210 g/mol. The van der Waals surface area contributed by atoms with Crippen molar-refractivity contribution in [1.82, 2.24) is 10.6 Å². The Morgan fingerprint density at radius 3 is 2.87 bits per heavy atom. The number of nitrogens with one attached hydrogen (secondary N) is 2. The summed E-state index contributed by atoms with van der Waals surface area (Å²) in [5.41, 5.74) is 0. The second-order valence-corrected chi connectivity index (χ2v) is 5.17. The lowest BCUT2D eigenvalue weighted by Crippen LogP contribution is -2.41. The van der Waals surface area contributed by atoms with Crippen LogP contribution >= 0.6 is 0 Å². The second kappa shape index (κ2) is 4.97. The van der Waals surface area contributed by atoms with Crippen LogP contribution in [0.3, 0.4) is 0 Å². The fraction of sp³-hybridized carbons (Fsp3) is 0.917. The molecule has 0 aromatic rings. The zero-order valence-electron chi connectivity index (χ0n) is 9.59. The average molecular weight is 210 g/mol. The Kier molecular flexibility index (Phi) is 3.62. The van der Waals surface area contributed by atoms with Gasteiger partial charge in [0.15, 0.2) is 0 Å². The van der Waals surface area contributed by atoms with Gasteiger partial charge >= 0.3 is 0 Å². The molecule has 2 fully saturated rings. The highest BCUT2D eigenvalue weighted by atomic mass is 16.2. The minimum atomic E-state index is 0.224. The normalized spacial score (nSPS) is 36.5. The first-order chi connectivity index (χ1) is 7.25. The van der Waals surface area contributed by atoms with Gasteiger partial charge in [-0.25, -0.2) is 0 Å². The summed E-state index contributed by atoms with van der Waals surface area (Å²) in [6.07, 6.45) is 5.96. The van der Waals surface area contributed by atoms with Crippen molar-refractivity contribution in [3.05, 3.63) is 0 Å².